The van der Waals surface area contributed by atoms with E-state index in [0.29, 0.717) is 40.4 Å². The van der Waals surface area contributed by atoms with Gasteiger partial charge in [-0.25, -0.2) is 0 Å². The van der Waals surface area contributed by atoms with Crippen molar-refractivity contribution >= 4 is 40.1 Å². The van der Waals surface area contributed by atoms with Crippen LogP contribution < -0.4 is 4.74 Å². The SMILES string of the molecule is COc1cc(C2C3=C(CC(C)(C)CC3=O)N(CCC(=O)O)C3=C2C(=O)CC(C)(C)C3)cc(I)c1O. The van der Waals surface area contributed by atoms with Gasteiger partial charge in [-0.1, -0.05) is 27.7 Å². The maximum Gasteiger partial charge on any atom is 0.305 e. The van der Waals surface area contributed by atoms with Crippen molar-refractivity contribution in [3.63, 3.8) is 0 Å². The molecule has 0 saturated carbocycles. The standard InChI is InChI=1S/C27H32INO6/c1-26(2)10-16-23(18(30)12-26)22(14-8-15(28)25(34)20(9-14)35-5)24-17(29(16)7-6-21(32)33)11-27(3,4)13-19(24)31/h8-9,22,34H,6-7,10-13H2,1-5H3,(H,32,33). The van der Waals surface area contributed by atoms with Crippen LogP contribution in [-0.4, -0.2) is 46.3 Å². The molecule has 2 aliphatic carbocycles. The van der Waals surface area contributed by atoms with Gasteiger partial charge in [0.2, 0.25) is 0 Å². The molecule has 1 aromatic carbocycles. The van der Waals surface area contributed by atoms with E-state index in [1.165, 1.54) is 7.11 Å². The summed E-state index contributed by atoms with van der Waals surface area (Å²) >= 11 is 2.03. The largest absolute Gasteiger partial charge is 0.504 e. The first-order valence-corrected chi connectivity index (χ1v) is 12.9. The summed E-state index contributed by atoms with van der Waals surface area (Å²) in [5, 5.41) is 19.9. The van der Waals surface area contributed by atoms with E-state index in [9.17, 15) is 24.6 Å². The summed E-state index contributed by atoms with van der Waals surface area (Å²) in [7, 11) is 1.47. The molecule has 0 atom stereocenters. The Morgan fingerprint density at radius 2 is 1.54 bits per heavy atom. The van der Waals surface area contributed by atoms with Gasteiger partial charge in [-0.2, -0.15) is 0 Å². The fourth-order valence-electron chi connectivity index (χ4n) is 5.77. The van der Waals surface area contributed by atoms with Gasteiger partial charge in [0, 0.05) is 47.8 Å². The smallest absolute Gasteiger partial charge is 0.305 e. The first-order chi connectivity index (χ1) is 16.2. The summed E-state index contributed by atoms with van der Waals surface area (Å²) in [5.41, 5.74) is 2.95. The predicted molar refractivity (Wildman–Crippen MR) is 139 cm³/mol. The average molecular weight is 593 g/mol. The molecule has 1 heterocycles. The van der Waals surface area contributed by atoms with E-state index in [0.717, 1.165) is 17.0 Å². The molecule has 0 bridgehead atoms. The van der Waals surface area contributed by atoms with Gasteiger partial charge in [-0.3, -0.25) is 14.4 Å². The normalized spacial score (nSPS) is 21.7. The molecule has 0 amide bonds. The van der Waals surface area contributed by atoms with Crippen LogP contribution >= 0.6 is 22.6 Å². The zero-order valence-corrected chi connectivity index (χ0v) is 23.0. The Morgan fingerprint density at radius 1 is 1.03 bits per heavy atom. The van der Waals surface area contributed by atoms with E-state index in [1.54, 1.807) is 6.07 Å². The lowest BCUT2D eigenvalue weighted by Gasteiger charge is -2.49. The van der Waals surface area contributed by atoms with Crippen molar-refractivity contribution in [3.8, 4) is 11.5 Å². The number of nitrogens with zero attached hydrogens (tertiary/aromatic N) is 1. The summed E-state index contributed by atoms with van der Waals surface area (Å²) in [6.45, 7) is 8.40. The van der Waals surface area contributed by atoms with Crippen LogP contribution in [0.1, 0.15) is 71.3 Å². The summed E-state index contributed by atoms with van der Waals surface area (Å²) in [5.74, 6) is -1.23. The summed E-state index contributed by atoms with van der Waals surface area (Å²) in [6.07, 6.45) is 1.84. The van der Waals surface area contributed by atoms with Gasteiger partial charge in [-0.05, 0) is 64.0 Å². The number of carboxylic acid groups (broad SMARTS) is 1. The number of rotatable bonds is 5. The number of carbonyl (C=O) groups excluding carboxylic acids is 2. The van der Waals surface area contributed by atoms with Crippen LogP contribution in [0, 0.1) is 14.4 Å². The molecular weight excluding hydrogens is 561 g/mol. The van der Waals surface area contributed by atoms with E-state index in [1.807, 2.05) is 61.3 Å². The zero-order valence-electron chi connectivity index (χ0n) is 20.8. The Bertz CT molecular complexity index is 1140. The number of ether oxygens (including phenoxy) is 1. The van der Waals surface area contributed by atoms with Crippen LogP contribution in [0.3, 0.4) is 0 Å². The van der Waals surface area contributed by atoms with Crippen molar-refractivity contribution in [2.24, 2.45) is 10.8 Å². The highest BCUT2D eigenvalue weighted by Gasteiger charge is 2.49. The first kappa shape index (κ1) is 25.7. The zero-order chi connectivity index (χ0) is 25.9. The third-order valence-electron chi connectivity index (χ3n) is 7.18. The maximum atomic E-state index is 13.7. The number of Topliss-reactive ketones (excluding diaryl/α,β-unsaturated/α-hetero) is 2. The Labute approximate surface area is 219 Å². The number of phenols is 1. The van der Waals surface area contributed by atoms with Gasteiger partial charge in [0.25, 0.3) is 0 Å². The van der Waals surface area contributed by atoms with Crippen molar-refractivity contribution in [1.29, 1.82) is 0 Å². The number of carboxylic acids is 1. The maximum absolute atomic E-state index is 13.7. The number of carbonyl (C=O) groups is 3. The minimum atomic E-state index is -0.919. The van der Waals surface area contributed by atoms with Crippen LogP contribution in [0.2, 0.25) is 0 Å². The molecule has 0 saturated heterocycles. The van der Waals surface area contributed by atoms with Crippen LogP contribution in [0.25, 0.3) is 0 Å². The van der Waals surface area contributed by atoms with Crippen LogP contribution in [0.5, 0.6) is 11.5 Å². The molecule has 1 aliphatic heterocycles. The second-order valence-electron chi connectivity index (χ2n) is 11.4. The summed E-state index contributed by atoms with van der Waals surface area (Å²) in [4.78, 5) is 40.9. The number of phenolic OH excluding ortho intramolecular Hbond substituents is 1. The van der Waals surface area contributed by atoms with Crippen molar-refractivity contribution in [2.45, 2.75) is 65.7 Å². The molecule has 0 radical (unpaired) electrons. The number of methoxy groups -OCH3 is 1. The highest BCUT2D eigenvalue weighted by atomic mass is 127. The van der Waals surface area contributed by atoms with E-state index < -0.39 is 11.9 Å². The molecule has 0 unspecified atom stereocenters. The lowest BCUT2D eigenvalue weighted by molar-refractivity contribution is -0.137. The Morgan fingerprint density at radius 3 is 2.00 bits per heavy atom. The lowest BCUT2D eigenvalue weighted by Crippen LogP contribution is -2.45. The van der Waals surface area contributed by atoms with Crippen molar-refractivity contribution < 1.29 is 29.3 Å². The van der Waals surface area contributed by atoms with E-state index in [4.69, 9.17) is 4.74 Å². The van der Waals surface area contributed by atoms with Gasteiger partial charge in [0.1, 0.15) is 0 Å². The number of hydrogen-bond donors (Lipinski definition) is 2. The Hall–Kier alpha value is -2.36. The van der Waals surface area contributed by atoms with Crippen molar-refractivity contribution in [2.75, 3.05) is 13.7 Å². The third kappa shape index (κ3) is 4.73. The van der Waals surface area contributed by atoms with Crippen LogP contribution in [-0.2, 0) is 14.4 Å². The van der Waals surface area contributed by atoms with E-state index in [-0.39, 0.29) is 46.9 Å². The number of aliphatic carboxylic acids is 1. The monoisotopic (exact) mass is 593 g/mol. The average Bonchev–Trinajstić information content (AvgIpc) is 2.71. The number of allylic oxidation sites excluding steroid dienone is 4. The molecule has 35 heavy (non-hydrogen) atoms. The highest BCUT2D eigenvalue weighted by molar-refractivity contribution is 14.1. The molecule has 0 fully saturated rings. The van der Waals surface area contributed by atoms with Gasteiger partial charge in [-0.15, -0.1) is 0 Å². The molecule has 188 valence electrons. The molecule has 1 aromatic rings. The van der Waals surface area contributed by atoms with Gasteiger partial charge in [0.05, 0.1) is 17.1 Å². The summed E-state index contributed by atoms with van der Waals surface area (Å²) < 4.78 is 5.97. The fraction of sp³-hybridized carbons (Fsp3) is 0.519. The minimum Gasteiger partial charge on any atom is -0.504 e. The number of ketones is 2. The Balaban J connectivity index is 2.02. The van der Waals surface area contributed by atoms with Crippen LogP contribution in [0.15, 0.2) is 34.7 Å². The molecular formula is C27H32INO6. The number of benzene rings is 1. The van der Waals surface area contributed by atoms with Gasteiger partial charge < -0.3 is 19.8 Å². The number of halogens is 1. The fourth-order valence-corrected chi connectivity index (χ4v) is 6.40. The lowest BCUT2D eigenvalue weighted by atomic mass is 9.63. The molecule has 0 aromatic heterocycles. The third-order valence-corrected chi connectivity index (χ3v) is 8.00. The predicted octanol–water partition coefficient (Wildman–Crippen LogP) is 5.17. The molecule has 8 heteroatoms. The second-order valence-corrected chi connectivity index (χ2v) is 12.5. The summed E-state index contributed by atoms with van der Waals surface area (Å²) in [6, 6.07) is 3.52. The number of aromatic hydroxyl groups is 1. The van der Waals surface area contributed by atoms with Gasteiger partial charge >= 0.3 is 5.97 Å². The minimum absolute atomic E-state index is 0.0198. The highest BCUT2D eigenvalue weighted by Crippen LogP contribution is 2.55. The molecule has 3 aliphatic rings. The van der Waals surface area contributed by atoms with Crippen molar-refractivity contribution in [1.82, 2.24) is 4.90 Å². The van der Waals surface area contributed by atoms with Gasteiger partial charge in [0.15, 0.2) is 23.1 Å². The molecule has 0 spiro atoms. The molecule has 4 rings (SSSR count). The van der Waals surface area contributed by atoms with E-state index >= 15 is 0 Å². The molecule has 2 N–H and O–H groups in total. The quantitative estimate of drug-likeness (QED) is 0.455. The Kier molecular flexibility index (Phi) is 6.57. The first-order valence-electron chi connectivity index (χ1n) is 11.8. The van der Waals surface area contributed by atoms with E-state index in [2.05, 4.69) is 0 Å². The second kappa shape index (κ2) is 8.94. The molecule has 7 nitrogen and oxygen atoms in total. The van der Waals surface area contributed by atoms with Crippen molar-refractivity contribution in [3.05, 3.63) is 43.8 Å². The number of hydrogen-bond acceptors (Lipinski definition) is 6. The van der Waals surface area contributed by atoms with Crippen LogP contribution in [0.4, 0.5) is 0 Å². The topological polar surface area (TPSA) is 104 Å².